The highest BCUT2D eigenvalue weighted by molar-refractivity contribution is 5.89. The Kier molecular flexibility index (Phi) is 7.21. The number of rotatable bonds is 5. The molecule has 6 rings (SSSR count). The molecule has 0 spiro atoms. The quantitative estimate of drug-likeness (QED) is 0.440. The second-order valence-corrected chi connectivity index (χ2v) is 11.2. The van der Waals surface area contributed by atoms with E-state index in [1.807, 2.05) is 11.7 Å². The van der Waals surface area contributed by atoms with Crippen molar-refractivity contribution >= 4 is 16.9 Å². The van der Waals surface area contributed by atoms with E-state index in [0.29, 0.717) is 5.89 Å². The van der Waals surface area contributed by atoms with Crippen LogP contribution in [0.2, 0.25) is 0 Å². The van der Waals surface area contributed by atoms with Gasteiger partial charge in [-0.25, -0.2) is 9.67 Å². The molecule has 3 aromatic rings. The largest absolute Gasteiger partial charge is 0.417 e. The standard InChI is InChI=1S/C28H41N7O/c1-33-26-22(15-16-24(29-26)34-17-9-3-2-4-10-18-34)25(32-33)28-31-30-27(36-28)23-14-8-11-19-35(23)20-21-12-6-5-7-13-21/h15-16,21,23H,2-14,17-20H2,1H3. The van der Waals surface area contributed by atoms with Crippen LogP contribution in [-0.2, 0) is 7.05 Å². The number of piperidine rings is 1. The topological polar surface area (TPSA) is 76.1 Å². The molecule has 0 N–H and O–H groups in total. The number of anilines is 1. The van der Waals surface area contributed by atoms with Crippen molar-refractivity contribution in [2.75, 3.05) is 31.1 Å². The van der Waals surface area contributed by atoms with Crippen molar-refractivity contribution in [2.45, 2.75) is 89.5 Å². The molecule has 3 aliphatic rings. The average molecular weight is 492 g/mol. The van der Waals surface area contributed by atoms with E-state index in [0.717, 1.165) is 67.0 Å². The van der Waals surface area contributed by atoms with Crippen molar-refractivity contribution < 1.29 is 4.42 Å². The molecule has 2 aliphatic heterocycles. The summed E-state index contributed by atoms with van der Waals surface area (Å²) in [4.78, 5) is 10.1. The molecule has 36 heavy (non-hydrogen) atoms. The maximum atomic E-state index is 6.35. The Morgan fingerprint density at radius 3 is 2.39 bits per heavy atom. The van der Waals surface area contributed by atoms with E-state index in [-0.39, 0.29) is 6.04 Å². The Morgan fingerprint density at radius 1 is 0.833 bits per heavy atom. The van der Waals surface area contributed by atoms with Crippen LogP contribution in [0.4, 0.5) is 5.82 Å². The number of pyridine rings is 1. The number of aryl methyl sites for hydroxylation is 1. The van der Waals surface area contributed by atoms with Gasteiger partial charge in [0.15, 0.2) is 11.3 Å². The zero-order chi connectivity index (χ0) is 24.3. The number of hydrogen-bond donors (Lipinski definition) is 0. The third-order valence-electron chi connectivity index (χ3n) is 8.61. The summed E-state index contributed by atoms with van der Waals surface area (Å²) < 4.78 is 8.21. The van der Waals surface area contributed by atoms with Crippen LogP contribution in [0, 0.1) is 5.92 Å². The van der Waals surface area contributed by atoms with Crippen molar-refractivity contribution in [3.8, 4) is 11.6 Å². The molecular weight excluding hydrogens is 450 g/mol. The molecule has 1 atom stereocenters. The Morgan fingerprint density at radius 2 is 1.56 bits per heavy atom. The predicted octanol–water partition coefficient (Wildman–Crippen LogP) is 5.90. The predicted molar refractivity (Wildman–Crippen MR) is 142 cm³/mol. The molecule has 0 aromatic carbocycles. The van der Waals surface area contributed by atoms with E-state index in [1.54, 1.807) is 0 Å². The lowest BCUT2D eigenvalue weighted by Crippen LogP contribution is -2.37. The van der Waals surface area contributed by atoms with Gasteiger partial charge < -0.3 is 9.32 Å². The third kappa shape index (κ3) is 5.01. The number of likely N-dealkylation sites (tertiary alicyclic amines) is 1. The molecule has 8 nitrogen and oxygen atoms in total. The van der Waals surface area contributed by atoms with Crippen molar-refractivity contribution in [1.82, 2.24) is 29.9 Å². The van der Waals surface area contributed by atoms with Gasteiger partial charge in [-0.15, -0.1) is 10.2 Å². The Labute approximate surface area is 214 Å². The van der Waals surface area contributed by atoms with Gasteiger partial charge in [0.2, 0.25) is 5.89 Å². The van der Waals surface area contributed by atoms with E-state index in [1.165, 1.54) is 77.0 Å². The molecule has 194 valence electrons. The van der Waals surface area contributed by atoms with Gasteiger partial charge in [0, 0.05) is 26.7 Å². The van der Waals surface area contributed by atoms with Crippen LogP contribution >= 0.6 is 0 Å². The minimum Gasteiger partial charge on any atom is -0.417 e. The summed E-state index contributed by atoms with van der Waals surface area (Å²) in [5.74, 6) is 3.13. The van der Waals surface area contributed by atoms with Gasteiger partial charge >= 0.3 is 0 Å². The summed E-state index contributed by atoms with van der Waals surface area (Å²) in [6.07, 6.45) is 16.9. The molecular formula is C28H41N7O. The first-order valence-electron chi connectivity index (χ1n) is 14.4. The molecule has 1 saturated carbocycles. The highest BCUT2D eigenvalue weighted by Crippen LogP contribution is 2.35. The van der Waals surface area contributed by atoms with Gasteiger partial charge in [0.1, 0.15) is 5.82 Å². The van der Waals surface area contributed by atoms with Gasteiger partial charge in [-0.1, -0.05) is 44.9 Å². The summed E-state index contributed by atoms with van der Waals surface area (Å²) in [6, 6.07) is 4.51. The SMILES string of the molecule is Cn1nc(-c2nnc(C3CCCCN3CC3CCCCC3)o2)c2ccc(N3CCCCCCC3)nc21. The number of aromatic nitrogens is 5. The molecule has 3 fully saturated rings. The van der Waals surface area contributed by atoms with Crippen LogP contribution in [0.25, 0.3) is 22.6 Å². The fourth-order valence-corrected chi connectivity index (χ4v) is 6.59. The van der Waals surface area contributed by atoms with Gasteiger partial charge in [0.05, 0.1) is 11.4 Å². The highest BCUT2D eigenvalue weighted by atomic mass is 16.4. The summed E-state index contributed by atoms with van der Waals surface area (Å²) >= 11 is 0. The van der Waals surface area contributed by atoms with Crippen molar-refractivity contribution in [3.05, 3.63) is 18.0 Å². The van der Waals surface area contributed by atoms with Crippen molar-refractivity contribution in [3.63, 3.8) is 0 Å². The molecule has 1 aliphatic carbocycles. The monoisotopic (exact) mass is 491 g/mol. The molecule has 1 unspecified atom stereocenters. The lowest BCUT2D eigenvalue weighted by atomic mass is 9.88. The van der Waals surface area contributed by atoms with E-state index >= 15 is 0 Å². The maximum absolute atomic E-state index is 6.35. The van der Waals surface area contributed by atoms with Crippen LogP contribution in [0.5, 0.6) is 0 Å². The van der Waals surface area contributed by atoms with E-state index in [2.05, 4.69) is 32.1 Å². The molecule has 0 radical (unpaired) electrons. The maximum Gasteiger partial charge on any atom is 0.268 e. The second kappa shape index (κ2) is 10.9. The zero-order valence-corrected chi connectivity index (χ0v) is 21.9. The fourth-order valence-electron chi connectivity index (χ4n) is 6.59. The number of nitrogens with zero attached hydrogens (tertiary/aromatic N) is 7. The van der Waals surface area contributed by atoms with Gasteiger partial charge in [-0.05, 0) is 63.1 Å². The summed E-state index contributed by atoms with van der Waals surface area (Å²) in [5.41, 5.74) is 1.62. The first-order chi connectivity index (χ1) is 17.8. The van der Waals surface area contributed by atoms with Gasteiger partial charge in [-0.2, -0.15) is 5.10 Å². The summed E-state index contributed by atoms with van der Waals surface area (Å²) in [7, 11) is 1.96. The molecule has 3 aromatic heterocycles. The van der Waals surface area contributed by atoms with Crippen LogP contribution in [0.1, 0.15) is 95.4 Å². The van der Waals surface area contributed by atoms with E-state index < -0.39 is 0 Å². The fraction of sp³-hybridized carbons (Fsp3) is 0.714. The first-order valence-corrected chi connectivity index (χ1v) is 14.4. The van der Waals surface area contributed by atoms with E-state index in [9.17, 15) is 0 Å². The normalized spacial score (nSPS) is 23.1. The van der Waals surface area contributed by atoms with Crippen LogP contribution in [0.15, 0.2) is 16.5 Å². The highest BCUT2D eigenvalue weighted by Gasteiger charge is 2.31. The Balaban J connectivity index is 1.23. The lowest BCUT2D eigenvalue weighted by molar-refractivity contribution is 0.0958. The van der Waals surface area contributed by atoms with Gasteiger partial charge in [-0.3, -0.25) is 4.90 Å². The first kappa shape index (κ1) is 23.9. The third-order valence-corrected chi connectivity index (χ3v) is 8.61. The van der Waals surface area contributed by atoms with Crippen LogP contribution in [0.3, 0.4) is 0 Å². The van der Waals surface area contributed by atoms with Crippen LogP contribution in [-0.4, -0.2) is 56.0 Å². The van der Waals surface area contributed by atoms with Crippen molar-refractivity contribution in [2.24, 2.45) is 13.0 Å². The smallest absolute Gasteiger partial charge is 0.268 e. The van der Waals surface area contributed by atoms with Crippen LogP contribution < -0.4 is 4.90 Å². The number of hydrogen-bond acceptors (Lipinski definition) is 7. The molecule has 0 bridgehead atoms. The minimum absolute atomic E-state index is 0.230. The zero-order valence-electron chi connectivity index (χ0n) is 21.9. The van der Waals surface area contributed by atoms with E-state index in [4.69, 9.17) is 14.5 Å². The second-order valence-electron chi connectivity index (χ2n) is 11.2. The Bertz CT molecular complexity index is 1140. The van der Waals surface area contributed by atoms with Gasteiger partial charge in [0.25, 0.3) is 5.89 Å². The molecule has 2 saturated heterocycles. The molecule has 5 heterocycles. The lowest BCUT2D eigenvalue weighted by Gasteiger charge is -2.37. The minimum atomic E-state index is 0.230. The molecule has 0 amide bonds. The molecule has 8 heteroatoms. The number of fused-ring (bicyclic) bond motifs is 1. The summed E-state index contributed by atoms with van der Waals surface area (Å²) in [6.45, 7) is 4.46. The Hall–Kier alpha value is -2.48. The summed E-state index contributed by atoms with van der Waals surface area (Å²) in [5, 5.41) is 14.8. The average Bonchev–Trinajstić information content (AvgIpc) is 3.50. The van der Waals surface area contributed by atoms with Crippen molar-refractivity contribution in [1.29, 1.82) is 0 Å².